The van der Waals surface area contributed by atoms with Crippen LogP contribution >= 0.6 is 0 Å². The van der Waals surface area contributed by atoms with Crippen molar-refractivity contribution < 1.29 is 4.79 Å². The van der Waals surface area contributed by atoms with Gasteiger partial charge in [-0.15, -0.1) is 0 Å². The van der Waals surface area contributed by atoms with Gasteiger partial charge in [0.2, 0.25) is 0 Å². The molecule has 2 fully saturated rings. The van der Waals surface area contributed by atoms with E-state index >= 15 is 0 Å². The molecule has 0 saturated carbocycles. The Morgan fingerprint density at radius 1 is 1.30 bits per heavy atom. The van der Waals surface area contributed by atoms with E-state index in [-0.39, 0.29) is 6.04 Å². The second-order valence-electron chi connectivity index (χ2n) is 6.18. The van der Waals surface area contributed by atoms with Crippen LogP contribution in [0.3, 0.4) is 0 Å². The zero-order valence-corrected chi connectivity index (χ0v) is 12.4. The van der Waals surface area contributed by atoms with E-state index in [1.54, 1.807) is 0 Å². The molecule has 20 heavy (non-hydrogen) atoms. The highest BCUT2D eigenvalue weighted by atomic mass is 16.1. The Labute approximate surface area is 121 Å². The van der Waals surface area contributed by atoms with E-state index in [0.29, 0.717) is 17.7 Å². The highest BCUT2D eigenvalue weighted by molar-refractivity contribution is 6.04. The first-order valence-corrected chi connectivity index (χ1v) is 7.72. The first kappa shape index (κ1) is 13.6. The quantitative estimate of drug-likeness (QED) is 0.782. The van der Waals surface area contributed by atoms with E-state index in [1.165, 1.54) is 12.8 Å². The number of likely N-dealkylation sites (N-methyl/N-ethyl adjacent to an activating group) is 1. The second kappa shape index (κ2) is 5.53. The van der Waals surface area contributed by atoms with Gasteiger partial charge in [-0.3, -0.25) is 9.69 Å². The number of carbonyl (C=O) groups excluding carboxylic acids is 1. The minimum atomic E-state index is 0.125. The Morgan fingerprint density at radius 3 is 2.75 bits per heavy atom. The van der Waals surface area contributed by atoms with Crippen LogP contribution in [0, 0.1) is 5.92 Å². The molecule has 1 aromatic rings. The van der Waals surface area contributed by atoms with Crippen molar-refractivity contribution in [3.8, 4) is 0 Å². The zero-order valence-electron chi connectivity index (χ0n) is 12.4. The molecule has 0 amide bonds. The smallest absolute Gasteiger partial charge is 0.176 e. The maximum Gasteiger partial charge on any atom is 0.176 e. The van der Waals surface area contributed by atoms with Crippen molar-refractivity contribution in [3.63, 3.8) is 0 Å². The number of ketones is 1. The summed E-state index contributed by atoms with van der Waals surface area (Å²) in [6.07, 6.45) is 6.54. The van der Waals surface area contributed by atoms with Crippen molar-refractivity contribution in [1.29, 1.82) is 0 Å². The molecule has 106 valence electrons. The van der Waals surface area contributed by atoms with Crippen molar-refractivity contribution in [1.82, 2.24) is 4.90 Å². The zero-order chi connectivity index (χ0) is 14.1. The van der Waals surface area contributed by atoms with Crippen LogP contribution in [0.1, 0.15) is 38.2 Å². The molecule has 0 aromatic heterocycles. The summed E-state index contributed by atoms with van der Waals surface area (Å²) in [5.41, 5.74) is 2.18. The van der Waals surface area contributed by atoms with Gasteiger partial charge in [-0.1, -0.05) is 43.7 Å². The molecule has 0 unspecified atom stereocenters. The van der Waals surface area contributed by atoms with Crippen molar-refractivity contribution in [2.45, 2.75) is 44.7 Å². The number of hydrogen-bond acceptors (Lipinski definition) is 2. The summed E-state index contributed by atoms with van der Waals surface area (Å²) in [5, 5.41) is 0. The van der Waals surface area contributed by atoms with Crippen molar-refractivity contribution in [2.75, 3.05) is 7.05 Å². The monoisotopic (exact) mass is 269 g/mol. The topological polar surface area (TPSA) is 20.3 Å². The molecule has 0 radical (unpaired) electrons. The Kier molecular flexibility index (Phi) is 3.75. The van der Waals surface area contributed by atoms with E-state index < -0.39 is 0 Å². The van der Waals surface area contributed by atoms with E-state index in [0.717, 1.165) is 24.0 Å². The second-order valence-corrected chi connectivity index (χ2v) is 6.18. The Balaban J connectivity index is 1.86. The van der Waals surface area contributed by atoms with Gasteiger partial charge in [-0.2, -0.15) is 0 Å². The normalized spacial score (nSPS) is 32.0. The maximum absolute atomic E-state index is 12.6. The largest absolute Gasteiger partial charge is 0.293 e. The summed E-state index contributed by atoms with van der Waals surface area (Å²) in [6.45, 7) is 2.24. The van der Waals surface area contributed by atoms with Crippen LogP contribution in [0.5, 0.6) is 0 Å². The van der Waals surface area contributed by atoms with Crippen LogP contribution in [-0.2, 0) is 4.79 Å². The van der Waals surface area contributed by atoms with Crippen molar-refractivity contribution >= 4 is 11.9 Å². The van der Waals surface area contributed by atoms with Gasteiger partial charge in [-0.05, 0) is 49.4 Å². The highest BCUT2D eigenvalue weighted by Gasteiger charge is 2.46. The maximum atomic E-state index is 12.6. The molecular weight excluding hydrogens is 246 g/mol. The third-order valence-corrected chi connectivity index (χ3v) is 4.93. The molecule has 0 aliphatic carbocycles. The molecule has 3 rings (SSSR count). The molecule has 0 spiro atoms. The molecule has 2 aliphatic heterocycles. The van der Waals surface area contributed by atoms with Crippen molar-refractivity contribution in [2.24, 2.45) is 5.92 Å². The molecule has 2 saturated heterocycles. The molecule has 1 aromatic carbocycles. The number of Topliss-reactive ketones (excluding diaryl/α,β-unsaturated/α-hetero) is 1. The van der Waals surface area contributed by atoms with Gasteiger partial charge in [0.05, 0.1) is 6.04 Å². The van der Waals surface area contributed by atoms with Gasteiger partial charge in [0.1, 0.15) is 0 Å². The van der Waals surface area contributed by atoms with Crippen LogP contribution in [0.4, 0.5) is 0 Å². The Morgan fingerprint density at radius 2 is 2.05 bits per heavy atom. The lowest BCUT2D eigenvalue weighted by atomic mass is 9.90. The first-order chi connectivity index (χ1) is 9.70. The number of piperidine rings is 1. The van der Waals surface area contributed by atoms with E-state index in [1.807, 2.05) is 18.2 Å². The molecule has 2 heteroatoms. The number of rotatable bonds is 3. The van der Waals surface area contributed by atoms with Crippen LogP contribution in [0.25, 0.3) is 6.08 Å². The number of benzene rings is 1. The summed E-state index contributed by atoms with van der Waals surface area (Å²) in [4.78, 5) is 15.0. The minimum absolute atomic E-state index is 0.125. The fourth-order valence-corrected chi connectivity index (χ4v) is 3.88. The highest BCUT2D eigenvalue weighted by Crippen LogP contribution is 2.41. The SMILES string of the molecule is CCC[C@H]1C[C@@H]2C(=O)/C(=C/c3ccccc3)C[C@H]1N2C. The molecule has 3 atom stereocenters. The molecule has 2 nitrogen and oxygen atoms in total. The standard InChI is InChI=1S/C18H23NO/c1-3-7-14-11-17-18(20)15(12-16(14)19(17)2)10-13-8-5-4-6-9-13/h4-6,8-10,14,16-17H,3,7,11-12H2,1-2H3/b15-10+/t14-,16+,17+/m0/s1. The predicted octanol–water partition coefficient (Wildman–Crippen LogP) is 3.53. The van der Waals surface area contributed by atoms with Gasteiger partial charge >= 0.3 is 0 Å². The summed E-state index contributed by atoms with van der Waals surface area (Å²) >= 11 is 0. The van der Waals surface area contributed by atoms with Gasteiger partial charge in [0.15, 0.2) is 5.78 Å². The Bertz CT molecular complexity index is 519. The molecule has 2 bridgehead atoms. The van der Waals surface area contributed by atoms with Crippen LogP contribution < -0.4 is 0 Å². The fraction of sp³-hybridized carbons (Fsp3) is 0.500. The summed E-state index contributed by atoms with van der Waals surface area (Å²) in [5.74, 6) is 1.05. The van der Waals surface area contributed by atoms with E-state index in [9.17, 15) is 4.79 Å². The average molecular weight is 269 g/mol. The van der Waals surface area contributed by atoms with Crippen LogP contribution in [0.2, 0.25) is 0 Å². The summed E-state index contributed by atoms with van der Waals surface area (Å²) in [7, 11) is 2.13. The van der Waals surface area contributed by atoms with Gasteiger partial charge in [0.25, 0.3) is 0 Å². The number of fused-ring (bicyclic) bond motifs is 2. The van der Waals surface area contributed by atoms with Gasteiger partial charge in [0, 0.05) is 6.04 Å². The third-order valence-electron chi connectivity index (χ3n) is 4.93. The van der Waals surface area contributed by atoms with Crippen LogP contribution in [-0.4, -0.2) is 29.8 Å². The van der Waals surface area contributed by atoms with Crippen molar-refractivity contribution in [3.05, 3.63) is 41.5 Å². The molecule has 0 N–H and O–H groups in total. The van der Waals surface area contributed by atoms with Gasteiger partial charge < -0.3 is 0 Å². The lowest BCUT2D eigenvalue weighted by molar-refractivity contribution is -0.121. The first-order valence-electron chi connectivity index (χ1n) is 7.72. The molecular formula is C18H23NO. The van der Waals surface area contributed by atoms with E-state index in [4.69, 9.17) is 0 Å². The molecule has 2 heterocycles. The lowest BCUT2D eigenvalue weighted by Gasteiger charge is -2.33. The number of carbonyl (C=O) groups is 1. The average Bonchev–Trinajstić information content (AvgIpc) is 2.68. The third kappa shape index (κ3) is 2.33. The van der Waals surface area contributed by atoms with E-state index in [2.05, 4.69) is 37.1 Å². The molecule has 2 aliphatic rings. The number of nitrogens with zero attached hydrogens (tertiary/aromatic N) is 1. The summed E-state index contributed by atoms with van der Waals surface area (Å²) in [6, 6.07) is 10.9. The summed E-state index contributed by atoms with van der Waals surface area (Å²) < 4.78 is 0. The lowest BCUT2D eigenvalue weighted by Crippen LogP contribution is -2.44. The van der Waals surface area contributed by atoms with Crippen LogP contribution in [0.15, 0.2) is 35.9 Å². The number of hydrogen-bond donors (Lipinski definition) is 0. The minimum Gasteiger partial charge on any atom is -0.293 e. The predicted molar refractivity (Wildman–Crippen MR) is 82.4 cm³/mol. The fourth-order valence-electron chi connectivity index (χ4n) is 3.88. The van der Waals surface area contributed by atoms with Gasteiger partial charge in [-0.25, -0.2) is 0 Å². The Hall–Kier alpha value is -1.41.